The Morgan fingerprint density at radius 2 is 1.49 bits per heavy atom. The molecule has 0 spiro atoms. The molecular weight excluding hydrogens is 483 g/mol. The lowest BCUT2D eigenvalue weighted by atomic mass is 10.1. The van der Waals surface area contributed by atoms with E-state index >= 15 is 0 Å². The predicted octanol–water partition coefficient (Wildman–Crippen LogP) is 5.39. The lowest BCUT2D eigenvalue weighted by Gasteiger charge is -2.15. The maximum absolute atomic E-state index is 13.2. The molecule has 1 aliphatic rings. The third-order valence-electron chi connectivity index (χ3n) is 5.19. The summed E-state index contributed by atoms with van der Waals surface area (Å²) in [5, 5.41) is 4.78. The van der Waals surface area contributed by atoms with Crippen LogP contribution in [0.25, 0.3) is 0 Å². The molecule has 3 amide bonds. The summed E-state index contributed by atoms with van der Waals surface area (Å²) in [5.41, 5.74) is -0.234. The van der Waals surface area contributed by atoms with Crippen LogP contribution in [0.5, 0.6) is 0 Å². The molecule has 0 radical (unpaired) electrons. The topological polar surface area (TPSA) is 78.5 Å². The highest BCUT2D eigenvalue weighted by Gasteiger charge is 2.38. The van der Waals surface area contributed by atoms with Gasteiger partial charge >= 0.3 is 6.18 Å². The van der Waals surface area contributed by atoms with Gasteiger partial charge in [-0.2, -0.15) is 13.2 Å². The highest BCUT2D eigenvalue weighted by atomic mass is 35.5. The number of halogens is 4. The number of imide groups is 1. The molecular formula is C25H17ClF3N3O3. The molecule has 0 saturated carbocycles. The largest absolute Gasteiger partial charge is 0.418 e. The Morgan fingerprint density at radius 1 is 0.857 bits per heavy atom. The molecule has 0 aliphatic carbocycles. The Kier molecular flexibility index (Phi) is 6.61. The first kappa shape index (κ1) is 24.0. The normalized spacial score (nSPS) is 13.9. The molecule has 3 aromatic rings. The van der Waals surface area contributed by atoms with Gasteiger partial charge in [0.2, 0.25) is 0 Å². The van der Waals surface area contributed by atoms with Gasteiger partial charge < -0.3 is 10.6 Å². The van der Waals surface area contributed by atoms with Crippen molar-refractivity contribution in [3.05, 3.63) is 106 Å². The Balaban J connectivity index is 1.45. The number of carbonyl (C=O) groups excluding carboxylic acids is 3. The van der Waals surface area contributed by atoms with Crippen LogP contribution in [0.4, 0.5) is 24.5 Å². The van der Waals surface area contributed by atoms with Crippen LogP contribution in [-0.2, 0) is 22.3 Å². The predicted molar refractivity (Wildman–Crippen MR) is 124 cm³/mol. The number of alkyl halides is 3. The second-order valence-electron chi connectivity index (χ2n) is 7.57. The van der Waals surface area contributed by atoms with E-state index in [-0.39, 0.29) is 28.5 Å². The summed E-state index contributed by atoms with van der Waals surface area (Å²) in [5.74, 6) is -1.98. The smallest absolute Gasteiger partial charge is 0.350 e. The summed E-state index contributed by atoms with van der Waals surface area (Å²) in [4.78, 5) is 38.7. The molecule has 0 unspecified atom stereocenters. The molecule has 0 bridgehead atoms. The second-order valence-corrected chi connectivity index (χ2v) is 7.95. The minimum Gasteiger partial charge on any atom is -0.350 e. The first-order chi connectivity index (χ1) is 16.6. The minimum absolute atomic E-state index is 0.0540. The summed E-state index contributed by atoms with van der Waals surface area (Å²) in [6.45, 7) is 0.0540. The Hall–Kier alpha value is -4.11. The summed E-state index contributed by atoms with van der Waals surface area (Å²) in [7, 11) is 0. The molecule has 2 N–H and O–H groups in total. The number of benzene rings is 3. The van der Waals surface area contributed by atoms with E-state index < -0.39 is 29.5 Å². The molecule has 1 heterocycles. The number of nitrogens with one attached hydrogen (secondary N) is 2. The zero-order chi connectivity index (χ0) is 25.2. The minimum atomic E-state index is -4.62. The fourth-order valence-electron chi connectivity index (χ4n) is 3.45. The lowest BCUT2D eigenvalue weighted by Crippen LogP contribution is -2.31. The maximum Gasteiger partial charge on any atom is 0.418 e. The molecule has 178 valence electrons. The Bertz CT molecular complexity index is 1320. The van der Waals surface area contributed by atoms with Gasteiger partial charge in [0, 0.05) is 11.3 Å². The molecule has 0 aromatic heterocycles. The van der Waals surface area contributed by atoms with E-state index in [2.05, 4.69) is 10.6 Å². The van der Waals surface area contributed by atoms with Crippen molar-refractivity contribution in [1.82, 2.24) is 4.90 Å². The fourth-order valence-corrected chi connectivity index (χ4v) is 3.68. The number of amides is 3. The van der Waals surface area contributed by atoms with Crippen molar-refractivity contribution in [3.8, 4) is 0 Å². The third-order valence-corrected chi connectivity index (χ3v) is 5.54. The van der Waals surface area contributed by atoms with Crippen molar-refractivity contribution in [2.75, 3.05) is 10.6 Å². The molecule has 0 atom stereocenters. The third kappa shape index (κ3) is 5.20. The number of rotatable bonds is 6. The van der Waals surface area contributed by atoms with Crippen LogP contribution >= 0.6 is 11.6 Å². The van der Waals surface area contributed by atoms with Crippen LogP contribution in [0, 0.1) is 0 Å². The van der Waals surface area contributed by atoms with Crippen molar-refractivity contribution in [2.24, 2.45) is 0 Å². The van der Waals surface area contributed by atoms with Crippen molar-refractivity contribution >= 4 is 40.7 Å². The summed E-state index contributed by atoms with van der Waals surface area (Å²) >= 11 is 6.11. The van der Waals surface area contributed by atoms with Crippen LogP contribution in [0.2, 0.25) is 0 Å². The molecule has 1 aliphatic heterocycles. The summed E-state index contributed by atoms with van der Waals surface area (Å²) in [6.07, 6.45) is -4.62. The second kappa shape index (κ2) is 9.63. The van der Waals surface area contributed by atoms with Gasteiger partial charge in [-0.05, 0) is 42.0 Å². The number of hydrogen-bond donors (Lipinski definition) is 2. The van der Waals surface area contributed by atoms with Gasteiger partial charge in [0.25, 0.3) is 17.7 Å². The fraction of sp³-hybridized carbons (Fsp3) is 0.0800. The number of carbonyl (C=O) groups is 3. The first-order valence-electron chi connectivity index (χ1n) is 10.3. The molecule has 10 heteroatoms. The standard InChI is InChI=1S/C25H17ClF3N3O3/c26-20-21(24(35)32(23(20)34)14-15-6-2-1-3-7-15)30-17-12-10-16(11-13-17)22(33)31-19-9-5-4-8-18(19)25(27,28)29/h1-13,30H,14H2,(H,31,33). The van der Waals surface area contributed by atoms with Gasteiger partial charge in [0.1, 0.15) is 10.7 Å². The van der Waals surface area contributed by atoms with E-state index in [1.165, 1.54) is 36.4 Å². The molecule has 0 saturated heterocycles. The maximum atomic E-state index is 13.2. The van der Waals surface area contributed by atoms with Crippen LogP contribution < -0.4 is 10.6 Å². The van der Waals surface area contributed by atoms with E-state index in [4.69, 9.17) is 11.6 Å². The van der Waals surface area contributed by atoms with Crippen LogP contribution in [-0.4, -0.2) is 22.6 Å². The monoisotopic (exact) mass is 499 g/mol. The van der Waals surface area contributed by atoms with Crippen LogP contribution in [0.1, 0.15) is 21.5 Å². The molecule has 3 aromatic carbocycles. The number of hydrogen-bond acceptors (Lipinski definition) is 4. The van der Waals surface area contributed by atoms with Crippen molar-refractivity contribution in [3.63, 3.8) is 0 Å². The average Bonchev–Trinajstić information content (AvgIpc) is 3.03. The van der Waals surface area contributed by atoms with E-state index in [0.29, 0.717) is 5.69 Å². The highest BCUT2D eigenvalue weighted by molar-refractivity contribution is 6.48. The van der Waals surface area contributed by atoms with Gasteiger partial charge in [-0.1, -0.05) is 54.1 Å². The quantitative estimate of drug-likeness (QED) is 0.446. The zero-order valence-electron chi connectivity index (χ0n) is 17.9. The molecule has 6 nitrogen and oxygen atoms in total. The van der Waals surface area contributed by atoms with E-state index in [1.54, 1.807) is 24.3 Å². The summed E-state index contributed by atoms with van der Waals surface area (Å²) in [6, 6.07) is 19.2. The lowest BCUT2D eigenvalue weighted by molar-refractivity contribution is -0.138. The van der Waals surface area contributed by atoms with Crippen LogP contribution in [0.15, 0.2) is 89.6 Å². The molecule has 0 fully saturated rings. The van der Waals surface area contributed by atoms with Gasteiger partial charge in [0.05, 0.1) is 17.8 Å². The number of para-hydroxylation sites is 1. The SMILES string of the molecule is O=C(Nc1ccccc1C(F)(F)F)c1ccc(NC2=C(Cl)C(=O)N(Cc3ccccc3)C2=O)cc1. The van der Waals surface area contributed by atoms with Gasteiger partial charge in [-0.15, -0.1) is 0 Å². The molecule has 35 heavy (non-hydrogen) atoms. The van der Waals surface area contributed by atoms with E-state index in [1.807, 2.05) is 6.07 Å². The summed E-state index contributed by atoms with van der Waals surface area (Å²) < 4.78 is 39.5. The van der Waals surface area contributed by atoms with E-state index in [0.717, 1.165) is 22.6 Å². The van der Waals surface area contributed by atoms with Gasteiger partial charge in [-0.3, -0.25) is 19.3 Å². The van der Waals surface area contributed by atoms with Gasteiger partial charge in [-0.25, -0.2) is 0 Å². The van der Waals surface area contributed by atoms with Crippen molar-refractivity contribution in [1.29, 1.82) is 0 Å². The molecule has 4 rings (SSSR count). The first-order valence-corrected chi connectivity index (χ1v) is 10.7. The Labute approximate surface area is 203 Å². The van der Waals surface area contributed by atoms with Crippen LogP contribution in [0.3, 0.4) is 0 Å². The van der Waals surface area contributed by atoms with Crippen molar-refractivity contribution < 1.29 is 27.6 Å². The van der Waals surface area contributed by atoms with E-state index in [9.17, 15) is 27.6 Å². The average molecular weight is 500 g/mol. The highest BCUT2D eigenvalue weighted by Crippen LogP contribution is 2.35. The van der Waals surface area contributed by atoms with Crippen molar-refractivity contribution in [2.45, 2.75) is 12.7 Å². The number of nitrogens with zero attached hydrogens (tertiary/aromatic N) is 1. The Morgan fingerprint density at radius 3 is 2.14 bits per heavy atom. The van der Waals surface area contributed by atoms with Gasteiger partial charge in [0.15, 0.2) is 0 Å². The number of anilines is 2. The zero-order valence-corrected chi connectivity index (χ0v) is 18.7.